The van der Waals surface area contributed by atoms with Gasteiger partial charge < -0.3 is 37.6 Å². The maximum atomic E-state index is 14.6. The Morgan fingerprint density at radius 3 is 2.00 bits per heavy atom. The summed E-state index contributed by atoms with van der Waals surface area (Å²) in [6.07, 6.45) is 1.28. The highest BCUT2D eigenvalue weighted by Crippen LogP contribution is 2.50. The average Bonchev–Trinajstić information content (AvgIpc) is 3.41. The second-order valence-electron chi connectivity index (χ2n) is 11.2. The zero-order valence-corrected chi connectivity index (χ0v) is 27.4. The summed E-state index contributed by atoms with van der Waals surface area (Å²) in [4.78, 5) is 38.6. The van der Waals surface area contributed by atoms with Gasteiger partial charge in [0.25, 0.3) is 5.56 Å². The highest BCUT2D eigenvalue weighted by Gasteiger charge is 2.31. The van der Waals surface area contributed by atoms with E-state index in [1.807, 2.05) is 43.3 Å². The number of ether oxygens (including phenoxy) is 6. The molecule has 6 rings (SSSR count). The molecule has 0 bridgehead atoms. The van der Waals surface area contributed by atoms with E-state index in [0.717, 1.165) is 33.3 Å². The van der Waals surface area contributed by atoms with Crippen LogP contribution in [-0.2, 0) is 29.1 Å². The number of carbonyl (C=O) groups excluding carboxylic acids is 2. The lowest BCUT2D eigenvalue weighted by atomic mass is 9.91. The van der Waals surface area contributed by atoms with Gasteiger partial charge in [-0.3, -0.25) is 14.4 Å². The van der Waals surface area contributed by atoms with E-state index in [2.05, 4.69) is 4.57 Å². The fourth-order valence-corrected chi connectivity index (χ4v) is 6.59. The molecule has 5 aromatic rings. The van der Waals surface area contributed by atoms with Crippen molar-refractivity contribution < 1.29 is 38.0 Å². The van der Waals surface area contributed by atoms with Crippen LogP contribution in [0.1, 0.15) is 32.8 Å². The molecule has 0 spiro atoms. The Morgan fingerprint density at radius 2 is 1.38 bits per heavy atom. The van der Waals surface area contributed by atoms with E-state index >= 15 is 0 Å². The summed E-state index contributed by atoms with van der Waals surface area (Å²) in [5.74, 6) is 1.42. The van der Waals surface area contributed by atoms with Gasteiger partial charge in [0.15, 0.2) is 34.5 Å². The lowest BCUT2D eigenvalue weighted by Crippen LogP contribution is -2.24. The molecule has 0 atom stereocenters. The molecule has 0 amide bonds. The number of hydrogen-bond acceptors (Lipinski definition) is 9. The van der Waals surface area contributed by atoms with Gasteiger partial charge in [-0.25, -0.2) is 0 Å². The fraction of sp³-hybridized carbons (Fsp3) is 0.306. The van der Waals surface area contributed by atoms with Crippen LogP contribution in [-0.4, -0.2) is 49.5 Å². The zero-order chi connectivity index (χ0) is 33.6. The fourth-order valence-electron chi connectivity index (χ4n) is 6.59. The number of hydrogen-bond donors (Lipinski definition) is 0. The summed E-state index contributed by atoms with van der Waals surface area (Å²) >= 11 is 0. The van der Waals surface area contributed by atoms with Crippen LogP contribution in [0.3, 0.4) is 0 Å². The smallest absolute Gasteiger partial charge is 0.308 e. The molecule has 0 saturated heterocycles. The van der Waals surface area contributed by atoms with Gasteiger partial charge in [-0.15, -0.1) is 0 Å². The largest absolute Gasteiger partial charge is 0.493 e. The molecule has 47 heavy (non-hydrogen) atoms. The third-order valence-corrected chi connectivity index (χ3v) is 8.43. The van der Waals surface area contributed by atoms with E-state index in [9.17, 15) is 14.4 Å². The third-order valence-electron chi connectivity index (χ3n) is 8.43. The molecule has 2 aromatic heterocycles. The Kier molecular flexibility index (Phi) is 8.31. The first kappa shape index (κ1) is 31.5. The van der Waals surface area contributed by atoms with Crippen molar-refractivity contribution in [3.05, 3.63) is 58.4 Å². The van der Waals surface area contributed by atoms with Gasteiger partial charge in [0, 0.05) is 54.9 Å². The number of rotatable bonds is 9. The number of aryl methyl sites for hydroxylation is 3. The molecular formula is C36H36N2O9. The maximum absolute atomic E-state index is 14.6. The van der Waals surface area contributed by atoms with Crippen molar-refractivity contribution in [1.29, 1.82) is 0 Å². The topological polar surface area (TPSA) is 116 Å². The van der Waals surface area contributed by atoms with Crippen LogP contribution >= 0.6 is 0 Å². The second kappa shape index (κ2) is 12.4. The minimum absolute atomic E-state index is 0.173. The van der Waals surface area contributed by atoms with Crippen LogP contribution < -0.4 is 34.0 Å². The summed E-state index contributed by atoms with van der Waals surface area (Å²) in [5.41, 5.74) is 5.11. The van der Waals surface area contributed by atoms with Crippen LogP contribution in [0.15, 0.2) is 47.3 Å². The third kappa shape index (κ3) is 5.21. The highest BCUT2D eigenvalue weighted by molar-refractivity contribution is 6.18. The molecule has 0 fully saturated rings. The lowest BCUT2D eigenvalue weighted by Gasteiger charge is -2.23. The molecule has 1 aliphatic heterocycles. The first-order chi connectivity index (χ1) is 22.6. The van der Waals surface area contributed by atoms with Crippen molar-refractivity contribution in [1.82, 2.24) is 9.13 Å². The summed E-state index contributed by atoms with van der Waals surface area (Å²) in [6, 6.07) is 12.9. The van der Waals surface area contributed by atoms with Crippen LogP contribution in [0.5, 0.6) is 34.5 Å². The van der Waals surface area contributed by atoms with E-state index in [4.69, 9.17) is 28.4 Å². The van der Waals surface area contributed by atoms with Crippen LogP contribution in [0.2, 0.25) is 0 Å². The normalized spacial score (nSPS) is 12.0. The summed E-state index contributed by atoms with van der Waals surface area (Å²) in [5, 5.41) is 1.46. The quantitative estimate of drug-likeness (QED) is 0.138. The summed E-state index contributed by atoms with van der Waals surface area (Å²) in [6.45, 7) is 5.61. The van der Waals surface area contributed by atoms with E-state index in [1.54, 1.807) is 24.9 Å². The molecule has 0 N–H and O–H groups in total. The maximum Gasteiger partial charge on any atom is 0.308 e. The van der Waals surface area contributed by atoms with Crippen molar-refractivity contribution in [2.75, 3.05) is 28.4 Å². The lowest BCUT2D eigenvalue weighted by molar-refractivity contribution is -0.132. The SMILES string of the molecule is CCCn1c(=O)c2c(c(-c3ccc(OC)c(OC)c3)c3n2CCc2cc(OC(C)=O)c(OC)cc2-3)c2cc(OC)c(OC(C)=O)cc21. The van der Waals surface area contributed by atoms with Gasteiger partial charge in [-0.1, -0.05) is 13.0 Å². The van der Waals surface area contributed by atoms with E-state index in [0.29, 0.717) is 71.1 Å². The minimum atomic E-state index is -0.503. The number of aromatic nitrogens is 2. The molecule has 11 heteroatoms. The second-order valence-corrected chi connectivity index (χ2v) is 11.2. The molecular weight excluding hydrogens is 604 g/mol. The summed E-state index contributed by atoms with van der Waals surface area (Å²) < 4.78 is 37.5. The Morgan fingerprint density at radius 1 is 0.766 bits per heavy atom. The number of fused-ring (bicyclic) bond motifs is 7. The Bertz CT molecular complexity index is 2140. The van der Waals surface area contributed by atoms with Crippen molar-refractivity contribution in [3.63, 3.8) is 0 Å². The monoisotopic (exact) mass is 640 g/mol. The highest BCUT2D eigenvalue weighted by atomic mass is 16.6. The van der Waals surface area contributed by atoms with Crippen LogP contribution in [0.25, 0.3) is 44.2 Å². The number of pyridine rings is 1. The zero-order valence-electron chi connectivity index (χ0n) is 27.4. The summed E-state index contributed by atoms with van der Waals surface area (Å²) in [7, 11) is 6.18. The van der Waals surface area contributed by atoms with Crippen molar-refractivity contribution in [3.8, 4) is 56.9 Å². The molecule has 244 valence electrons. The Balaban J connectivity index is 1.83. The molecule has 3 aromatic carbocycles. The molecule has 0 saturated carbocycles. The van der Waals surface area contributed by atoms with Crippen molar-refractivity contribution >= 4 is 33.7 Å². The van der Waals surface area contributed by atoms with E-state index in [1.165, 1.54) is 28.1 Å². The van der Waals surface area contributed by atoms with Gasteiger partial charge in [0.2, 0.25) is 0 Å². The number of esters is 2. The van der Waals surface area contributed by atoms with Gasteiger partial charge >= 0.3 is 11.9 Å². The molecule has 3 heterocycles. The van der Waals surface area contributed by atoms with E-state index < -0.39 is 11.9 Å². The van der Waals surface area contributed by atoms with Gasteiger partial charge in [-0.2, -0.15) is 0 Å². The van der Waals surface area contributed by atoms with Crippen molar-refractivity contribution in [2.45, 2.75) is 46.7 Å². The number of methoxy groups -OCH3 is 4. The first-order valence-electron chi connectivity index (χ1n) is 15.3. The van der Waals surface area contributed by atoms with Crippen molar-refractivity contribution in [2.24, 2.45) is 0 Å². The standard InChI is InChI=1S/C36H36N2O9/c1-8-12-37-25-18-31(47-20(3)40)29(45-7)17-24(25)33-32(22-9-10-26(42-4)27(15-22)43-5)34-23-16-28(44-6)30(46-19(2)39)14-21(23)11-13-38(34)35(33)36(37)41/h9-10,14-18H,8,11-13H2,1-7H3. The molecule has 0 unspecified atom stereocenters. The Hall–Kier alpha value is -5.45. The number of carbonyl (C=O) groups is 2. The molecule has 1 aliphatic rings. The van der Waals surface area contributed by atoms with E-state index in [-0.39, 0.29) is 11.3 Å². The average molecular weight is 641 g/mol. The van der Waals surface area contributed by atoms with Crippen LogP contribution in [0.4, 0.5) is 0 Å². The van der Waals surface area contributed by atoms with Gasteiger partial charge in [0.1, 0.15) is 5.52 Å². The predicted octanol–water partition coefficient (Wildman–Crippen LogP) is 6.14. The van der Waals surface area contributed by atoms with Gasteiger partial charge in [0.05, 0.1) is 39.6 Å². The van der Waals surface area contributed by atoms with Gasteiger partial charge in [-0.05, 0) is 54.3 Å². The Labute approximate surface area is 271 Å². The molecule has 0 radical (unpaired) electrons. The first-order valence-corrected chi connectivity index (χ1v) is 15.3. The predicted molar refractivity (Wildman–Crippen MR) is 177 cm³/mol. The number of benzene rings is 3. The molecule has 11 nitrogen and oxygen atoms in total. The minimum Gasteiger partial charge on any atom is -0.493 e. The van der Waals surface area contributed by atoms with Crippen LogP contribution in [0, 0.1) is 0 Å². The molecule has 0 aliphatic carbocycles. The number of nitrogens with zero attached hydrogens (tertiary/aromatic N) is 2.